The molecule has 0 saturated carbocycles. The van der Waals surface area contributed by atoms with Crippen molar-refractivity contribution < 1.29 is 14.0 Å². The van der Waals surface area contributed by atoms with E-state index >= 15 is 0 Å². The second-order valence-electron chi connectivity index (χ2n) is 3.94. The van der Waals surface area contributed by atoms with Crippen LogP contribution >= 0.6 is 0 Å². The van der Waals surface area contributed by atoms with Gasteiger partial charge in [-0.15, -0.1) is 0 Å². The number of carbonyl (C=O) groups is 2. The van der Waals surface area contributed by atoms with Gasteiger partial charge in [0.05, 0.1) is 24.9 Å². The van der Waals surface area contributed by atoms with E-state index in [-0.39, 0.29) is 25.3 Å². The number of likely N-dealkylation sites (tertiary alicyclic amines) is 1. The minimum Gasteiger partial charge on any atom is -0.368 e. The van der Waals surface area contributed by atoms with E-state index < -0.39 is 18.1 Å². The van der Waals surface area contributed by atoms with Gasteiger partial charge in [0.2, 0.25) is 11.8 Å². The molecule has 2 amide bonds. The molecule has 1 aromatic heterocycles. The number of primary amides is 1. The van der Waals surface area contributed by atoms with Crippen molar-refractivity contribution in [1.82, 2.24) is 20.3 Å². The third-order valence-electron chi connectivity index (χ3n) is 2.70. The predicted octanol–water partition coefficient (Wildman–Crippen LogP) is -1.23. The number of hydrogen-bond acceptors (Lipinski definition) is 4. The number of halogens is 1. The van der Waals surface area contributed by atoms with E-state index in [2.05, 4.69) is 15.4 Å². The molecule has 92 valence electrons. The Kier molecular flexibility index (Phi) is 3.03. The minimum atomic E-state index is -1.20. The van der Waals surface area contributed by atoms with Crippen LogP contribution in [0.1, 0.15) is 12.1 Å². The Labute approximate surface area is 96.2 Å². The fraction of sp³-hybridized carbons (Fsp3) is 0.556. The molecule has 0 aromatic carbocycles. The maximum absolute atomic E-state index is 13.2. The lowest BCUT2D eigenvalue weighted by atomic mass is 10.2. The monoisotopic (exact) mass is 241 g/mol. The van der Waals surface area contributed by atoms with E-state index in [1.54, 1.807) is 0 Å². The lowest BCUT2D eigenvalue weighted by Crippen LogP contribution is -2.44. The summed E-state index contributed by atoms with van der Waals surface area (Å²) in [4.78, 5) is 24.1. The summed E-state index contributed by atoms with van der Waals surface area (Å²) >= 11 is 0. The summed E-state index contributed by atoms with van der Waals surface area (Å²) in [6, 6.07) is -0.857. The van der Waals surface area contributed by atoms with Crippen LogP contribution in [-0.2, 0) is 16.0 Å². The van der Waals surface area contributed by atoms with E-state index in [4.69, 9.17) is 5.73 Å². The van der Waals surface area contributed by atoms with Gasteiger partial charge in [-0.1, -0.05) is 0 Å². The zero-order chi connectivity index (χ0) is 12.4. The maximum Gasteiger partial charge on any atom is 0.240 e. The van der Waals surface area contributed by atoms with Crippen molar-refractivity contribution in [2.75, 3.05) is 6.54 Å². The zero-order valence-electron chi connectivity index (χ0n) is 8.97. The fourth-order valence-electron chi connectivity index (χ4n) is 1.90. The Balaban J connectivity index is 2.05. The van der Waals surface area contributed by atoms with Crippen molar-refractivity contribution >= 4 is 11.8 Å². The molecule has 17 heavy (non-hydrogen) atoms. The standard InChI is InChI=1S/C9H12FN5O2/c10-5-1-7(9(11)17)15(4-5)8(16)2-6-3-12-14-13-6/h3,5,7H,1-2,4H2,(H2,11,17)(H,12,13,14). The molecule has 0 aliphatic carbocycles. The highest BCUT2D eigenvalue weighted by molar-refractivity contribution is 5.88. The lowest BCUT2D eigenvalue weighted by Gasteiger charge is -2.21. The number of carbonyl (C=O) groups excluding carboxylic acids is 2. The molecule has 1 aromatic rings. The second kappa shape index (κ2) is 4.48. The topological polar surface area (TPSA) is 105 Å². The van der Waals surface area contributed by atoms with Crippen LogP contribution in [0.25, 0.3) is 0 Å². The molecule has 1 saturated heterocycles. The van der Waals surface area contributed by atoms with Gasteiger partial charge < -0.3 is 10.6 Å². The third kappa shape index (κ3) is 2.40. The van der Waals surface area contributed by atoms with E-state index in [0.717, 1.165) is 0 Å². The van der Waals surface area contributed by atoms with Gasteiger partial charge in [-0.05, 0) is 0 Å². The SMILES string of the molecule is NC(=O)C1CC(F)CN1C(=O)Cc1cn[nH]n1. The molecule has 8 heteroatoms. The van der Waals surface area contributed by atoms with Crippen LogP contribution in [0.5, 0.6) is 0 Å². The quantitative estimate of drug-likeness (QED) is 0.691. The van der Waals surface area contributed by atoms with Crippen LogP contribution in [-0.4, -0.2) is 50.9 Å². The van der Waals surface area contributed by atoms with Gasteiger partial charge in [0.25, 0.3) is 0 Å². The van der Waals surface area contributed by atoms with Crippen molar-refractivity contribution in [1.29, 1.82) is 0 Å². The fourth-order valence-corrected chi connectivity index (χ4v) is 1.90. The van der Waals surface area contributed by atoms with Crippen LogP contribution < -0.4 is 5.73 Å². The summed E-state index contributed by atoms with van der Waals surface area (Å²) in [5, 5.41) is 9.65. The molecular formula is C9H12FN5O2. The number of nitrogens with zero attached hydrogens (tertiary/aromatic N) is 3. The van der Waals surface area contributed by atoms with Crippen molar-refractivity contribution in [2.24, 2.45) is 5.73 Å². The van der Waals surface area contributed by atoms with Crippen LogP contribution in [0.15, 0.2) is 6.20 Å². The van der Waals surface area contributed by atoms with Crippen LogP contribution in [0.3, 0.4) is 0 Å². The van der Waals surface area contributed by atoms with Gasteiger partial charge in [-0.2, -0.15) is 15.4 Å². The van der Waals surface area contributed by atoms with Gasteiger partial charge in [0.15, 0.2) is 0 Å². The average molecular weight is 241 g/mol. The van der Waals surface area contributed by atoms with E-state index in [1.807, 2.05) is 0 Å². The smallest absolute Gasteiger partial charge is 0.240 e. The zero-order valence-corrected chi connectivity index (χ0v) is 8.97. The van der Waals surface area contributed by atoms with E-state index in [9.17, 15) is 14.0 Å². The molecule has 2 atom stereocenters. The average Bonchev–Trinajstić information content (AvgIpc) is 2.86. The van der Waals surface area contributed by atoms with Gasteiger partial charge in [-0.25, -0.2) is 4.39 Å². The molecule has 1 aliphatic heterocycles. The van der Waals surface area contributed by atoms with Crippen molar-refractivity contribution in [3.63, 3.8) is 0 Å². The number of alkyl halides is 1. The lowest BCUT2D eigenvalue weighted by molar-refractivity contribution is -0.136. The Morgan fingerprint density at radius 3 is 3.00 bits per heavy atom. The molecule has 2 rings (SSSR count). The summed E-state index contributed by atoms with van der Waals surface area (Å²) in [6.45, 7) is -0.0930. The van der Waals surface area contributed by atoms with Crippen molar-refractivity contribution in [3.8, 4) is 0 Å². The summed E-state index contributed by atoms with van der Waals surface area (Å²) < 4.78 is 13.2. The molecular weight excluding hydrogens is 229 g/mol. The number of aromatic amines is 1. The Morgan fingerprint density at radius 2 is 2.41 bits per heavy atom. The van der Waals surface area contributed by atoms with Gasteiger partial charge in [-0.3, -0.25) is 9.59 Å². The number of hydrogen-bond donors (Lipinski definition) is 2. The van der Waals surface area contributed by atoms with E-state index in [1.165, 1.54) is 11.1 Å². The molecule has 3 N–H and O–H groups in total. The first-order chi connectivity index (χ1) is 8.08. The number of nitrogens with two attached hydrogens (primary N) is 1. The molecule has 1 aliphatic rings. The van der Waals surface area contributed by atoms with Crippen molar-refractivity contribution in [3.05, 3.63) is 11.9 Å². The van der Waals surface area contributed by atoms with Crippen LogP contribution in [0.4, 0.5) is 4.39 Å². The summed E-state index contributed by atoms with van der Waals surface area (Å²) in [7, 11) is 0. The van der Waals surface area contributed by atoms with Crippen molar-refractivity contribution in [2.45, 2.75) is 25.1 Å². The first-order valence-electron chi connectivity index (χ1n) is 5.15. The normalized spacial score (nSPS) is 23.9. The number of nitrogens with one attached hydrogen (secondary N) is 1. The Bertz CT molecular complexity index is 421. The first kappa shape index (κ1) is 11.5. The number of amides is 2. The number of H-pyrrole nitrogens is 1. The van der Waals surface area contributed by atoms with Gasteiger partial charge >= 0.3 is 0 Å². The minimum absolute atomic E-state index is 0.0208. The molecule has 7 nitrogen and oxygen atoms in total. The second-order valence-corrected chi connectivity index (χ2v) is 3.94. The summed E-state index contributed by atoms with van der Waals surface area (Å²) in [5.74, 6) is -1.05. The molecule has 2 heterocycles. The van der Waals surface area contributed by atoms with Crippen LogP contribution in [0.2, 0.25) is 0 Å². The predicted molar refractivity (Wildman–Crippen MR) is 54.3 cm³/mol. The molecule has 0 radical (unpaired) electrons. The first-order valence-corrected chi connectivity index (χ1v) is 5.15. The Morgan fingerprint density at radius 1 is 1.65 bits per heavy atom. The number of aromatic nitrogens is 3. The highest BCUT2D eigenvalue weighted by atomic mass is 19.1. The molecule has 0 bridgehead atoms. The van der Waals surface area contributed by atoms with Crippen LogP contribution in [0, 0.1) is 0 Å². The van der Waals surface area contributed by atoms with Gasteiger partial charge in [0, 0.05) is 6.42 Å². The van der Waals surface area contributed by atoms with Gasteiger partial charge in [0.1, 0.15) is 12.2 Å². The molecule has 0 spiro atoms. The highest BCUT2D eigenvalue weighted by Crippen LogP contribution is 2.20. The molecule has 1 fully saturated rings. The summed E-state index contributed by atoms with van der Waals surface area (Å²) in [6.07, 6.45) is 0.154. The largest absolute Gasteiger partial charge is 0.368 e. The number of rotatable bonds is 3. The Hall–Kier alpha value is -1.99. The van der Waals surface area contributed by atoms with E-state index in [0.29, 0.717) is 5.69 Å². The molecule has 2 unspecified atom stereocenters. The highest BCUT2D eigenvalue weighted by Gasteiger charge is 2.38. The maximum atomic E-state index is 13.2. The summed E-state index contributed by atoms with van der Waals surface area (Å²) in [5.41, 5.74) is 5.57. The third-order valence-corrected chi connectivity index (χ3v) is 2.70.